The van der Waals surface area contributed by atoms with E-state index >= 15 is 0 Å². The van der Waals surface area contributed by atoms with Crippen LogP contribution in [-0.4, -0.2) is 33.5 Å². The first-order valence-corrected chi connectivity index (χ1v) is 9.92. The normalized spacial score (nSPS) is 17.4. The molecule has 1 fully saturated rings. The lowest BCUT2D eigenvalue weighted by molar-refractivity contribution is 0.0678. The Labute approximate surface area is 156 Å². The Morgan fingerprint density at radius 3 is 3.00 bits per heavy atom. The summed E-state index contributed by atoms with van der Waals surface area (Å²) in [6.45, 7) is 5.15. The summed E-state index contributed by atoms with van der Waals surface area (Å²) in [6, 6.07) is 11.7. The molecule has 0 saturated carbocycles. The molecule has 5 nitrogen and oxygen atoms in total. The summed E-state index contributed by atoms with van der Waals surface area (Å²) < 4.78 is 7.49. The van der Waals surface area contributed by atoms with Gasteiger partial charge in [0.25, 0.3) is 5.56 Å². The average molecular weight is 369 g/mol. The fraction of sp³-hybridized carbons (Fsp3) is 0.400. The van der Waals surface area contributed by atoms with E-state index in [9.17, 15) is 4.79 Å². The number of fused-ring (bicyclic) bond motifs is 1. The lowest BCUT2D eigenvalue weighted by atomic mass is 10.2. The molecule has 0 radical (unpaired) electrons. The minimum Gasteiger partial charge on any atom is -0.377 e. The maximum atomic E-state index is 12.5. The zero-order chi connectivity index (χ0) is 17.9. The lowest BCUT2D eigenvalue weighted by Gasteiger charge is -2.24. The molecule has 26 heavy (non-hydrogen) atoms. The smallest absolute Gasteiger partial charge is 0.258 e. The molecular weight excluding hydrogens is 346 g/mol. The molecular formula is C20H23N3O2S. The number of aryl methyl sites for hydroxylation is 1. The molecule has 1 atom stereocenters. The van der Waals surface area contributed by atoms with Gasteiger partial charge in [0.2, 0.25) is 0 Å². The number of ether oxygens (including phenoxy) is 1. The van der Waals surface area contributed by atoms with Gasteiger partial charge in [0.05, 0.1) is 11.8 Å². The van der Waals surface area contributed by atoms with Crippen LogP contribution in [0, 0.1) is 6.92 Å². The monoisotopic (exact) mass is 369 g/mol. The first-order chi connectivity index (χ1) is 12.7. The van der Waals surface area contributed by atoms with Gasteiger partial charge in [-0.15, -0.1) is 11.3 Å². The molecule has 1 aliphatic heterocycles. The molecule has 0 N–H and O–H groups in total. The zero-order valence-electron chi connectivity index (χ0n) is 14.9. The van der Waals surface area contributed by atoms with Crippen molar-refractivity contribution in [3.05, 3.63) is 68.4 Å². The summed E-state index contributed by atoms with van der Waals surface area (Å²) in [4.78, 5) is 20.9. The standard InChI is InChI=1S/C20H23N3O2S/c1-15-5-2-8-19-21-16(11-20(24)23(15)19)12-22(13-17-6-3-9-25-17)14-18-7-4-10-26-18/h2,4-5,7-8,10-11,17H,3,6,9,12-14H2,1H3/t17-/m1/s1. The van der Waals surface area contributed by atoms with Gasteiger partial charge in [-0.25, -0.2) is 4.98 Å². The molecule has 0 amide bonds. The molecule has 1 aliphatic rings. The van der Waals surface area contributed by atoms with E-state index in [2.05, 4.69) is 22.4 Å². The molecule has 4 heterocycles. The largest absolute Gasteiger partial charge is 0.377 e. The molecule has 0 aliphatic carbocycles. The summed E-state index contributed by atoms with van der Waals surface area (Å²) in [5.41, 5.74) is 2.41. The van der Waals surface area contributed by atoms with Crippen molar-refractivity contribution in [2.45, 2.75) is 39.0 Å². The molecule has 0 aromatic carbocycles. The highest BCUT2D eigenvalue weighted by molar-refractivity contribution is 7.09. The molecule has 4 rings (SSSR count). The van der Waals surface area contributed by atoms with Gasteiger partial charge in [-0.2, -0.15) is 0 Å². The van der Waals surface area contributed by atoms with Crippen molar-refractivity contribution in [1.82, 2.24) is 14.3 Å². The van der Waals surface area contributed by atoms with Crippen molar-refractivity contribution < 1.29 is 4.74 Å². The van der Waals surface area contributed by atoms with Crippen LogP contribution < -0.4 is 5.56 Å². The Hall–Kier alpha value is -2.02. The predicted octanol–water partition coefficient (Wildman–Crippen LogP) is 3.25. The quantitative estimate of drug-likeness (QED) is 0.669. The van der Waals surface area contributed by atoms with Crippen LogP contribution in [0.2, 0.25) is 0 Å². The van der Waals surface area contributed by atoms with E-state index in [1.54, 1.807) is 21.8 Å². The molecule has 3 aromatic rings. The van der Waals surface area contributed by atoms with Gasteiger partial charge in [-0.1, -0.05) is 12.1 Å². The van der Waals surface area contributed by atoms with Crippen molar-refractivity contribution >= 4 is 17.0 Å². The summed E-state index contributed by atoms with van der Waals surface area (Å²) in [5, 5.41) is 2.10. The molecule has 0 unspecified atom stereocenters. The maximum Gasteiger partial charge on any atom is 0.258 e. The van der Waals surface area contributed by atoms with Crippen LogP contribution in [0.5, 0.6) is 0 Å². The lowest BCUT2D eigenvalue weighted by Crippen LogP contribution is -2.32. The Morgan fingerprint density at radius 1 is 1.31 bits per heavy atom. The van der Waals surface area contributed by atoms with Gasteiger partial charge >= 0.3 is 0 Å². The van der Waals surface area contributed by atoms with Gasteiger partial charge in [0.15, 0.2) is 0 Å². The van der Waals surface area contributed by atoms with Gasteiger partial charge in [-0.3, -0.25) is 14.1 Å². The van der Waals surface area contributed by atoms with Crippen LogP contribution in [-0.2, 0) is 17.8 Å². The number of thiophene rings is 1. The summed E-state index contributed by atoms with van der Waals surface area (Å²) in [7, 11) is 0. The van der Waals surface area contributed by atoms with Crippen molar-refractivity contribution in [2.75, 3.05) is 13.2 Å². The van der Waals surface area contributed by atoms with Crippen LogP contribution in [0.4, 0.5) is 0 Å². The van der Waals surface area contributed by atoms with Crippen LogP contribution in [0.1, 0.15) is 29.1 Å². The van der Waals surface area contributed by atoms with Crippen LogP contribution in [0.3, 0.4) is 0 Å². The molecule has 0 spiro atoms. The topological polar surface area (TPSA) is 46.8 Å². The minimum atomic E-state index is -0.0173. The second-order valence-electron chi connectivity index (χ2n) is 6.83. The van der Waals surface area contributed by atoms with Crippen molar-refractivity contribution in [2.24, 2.45) is 0 Å². The van der Waals surface area contributed by atoms with Crippen LogP contribution >= 0.6 is 11.3 Å². The zero-order valence-corrected chi connectivity index (χ0v) is 15.7. The SMILES string of the molecule is Cc1cccc2nc(CN(Cc3cccs3)C[C@H]3CCCO3)cc(=O)n12. The van der Waals surface area contributed by atoms with E-state index in [1.807, 2.05) is 25.1 Å². The van der Waals surface area contributed by atoms with Gasteiger partial charge in [0, 0.05) is 42.9 Å². The van der Waals surface area contributed by atoms with E-state index in [-0.39, 0.29) is 11.7 Å². The van der Waals surface area contributed by atoms with E-state index in [4.69, 9.17) is 9.72 Å². The molecule has 3 aromatic heterocycles. The molecule has 136 valence electrons. The number of rotatable bonds is 6. The van der Waals surface area contributed by atoms with E-state index < -0.39 is 0 Å². The van der Waals surface area contributed by atoms with Gasteiger partial charge in [0.1, 0.15) is 5.65 Å². The van der Waals surface area contributed by atoms with Crippen molar-refractivity contribution in [3.8, 4) is 0 Å². The Balaban J connectivity index is 1.59. The van der Waals surface area contributed by atoms with E-state index in [0.717, 1.165) is 43.9 Å². The number of pyridine rings is 1. The fourth-order valence-corrected chi connectivity index (χ4v) is 4.30. The third-order valence-electron chi connectivity index (χ3n) is 4.76. The Kier molecular flexibility index (Phi) is 5.15. The third-order valence-corrected chi connectivity index (χ3v) is 5.63. The van der Waals surface area contributed by atoms with Crippen molar-refractivity contribution in [1.29, 1.82) is 0 Å². The van der Waals surface area contributed by atoms with Gasteiger partial charge < -0.3 is 4.74 Å². The van der Waals surface area contributed by atoms with E-state index in [0.29, 0.717) is 12.2 Å². The molecule has 6 heteroatoms. The highest BCUT2D eigenvalue weighted by atomic mass is 32.1. The average Bonchev–Trinajstić information content (AvgIpc) is 3.28. The molecule has 0 bridgehead atoms. The highest BCUT2D eigenvalue weighted by Gasteiger charge is 2.20. The predicted molar refractivity (Wildman–Crippen MR) is 104 cm³/mol. The maximum absolute atomic E-state index is 12.5. The highest BCUT2D eigenvalue weighted by Crippen LogP contribution is 2.18. The number of hydrogen-bond donors (Lipinski definition) is 0. The Bertz CT molecular complexity index is 930. The third kappa shape index (κ3) is 3.87. The number of hydrogen-bond acceptors (Lipinski definition) is 5. The van der Waals surface area contributed by atoms with E-state index in [1.165, 1.54) is 4.88 Å². The Morgan fingerprint density at radius 2 is 2.23 bits per heavy atom. The summed E-state index contributed by atoms with van der Waals surface area (Å²) in [6.07, 6.45) is 2.51. The first-order valence-electron chi connectivity index (χ1n) is 9.04. The number of nitrogens with zero attached hydrogens (tertiary/aromatic N) is 3. The fourth-order valence-electron chi connectivity index (χ4n) is 3.56. The van der Waals surface area contributed by atoms with Gasteiger partial charge in [-0.05, 0) is 43.3 Å². The second kappa shape index (κ2) is 7.70. The second-order valence-corrected chi connectivity index (χ2v) is 7.86. The minimum absolute atomic E-state index is 0.0173. The number of aromatic nitrogens is 2. The first kappa shape index (κ1) is 17.4. The van der Waals surface area contributed by atoms with Crippen LogP contribution in [0.15, 0.2) is 46.6 Å². The van der Waals surface area contributed by atoms with Crippen LogP contribution in [0.25, 0.3) is 5.65 Å². The summed E-state index contributed by atoms with van der Waals surface area (Å²) in [5.74, 6) is 0. The molecule has 1 saturated heterocycles. The summed E-state index contributed by atoms with van der Waals surface area (Å²) >= 11 is 1.76. The van der Waals surface area contributed by atoms with Crippen molar-refractivity contribution in [3.63, 3.8) is 0 Å².